The Morgan fingerprint density at radius 3 is 2.48 bits per heavy atom. The molecule has 27 heavy (non-hydrogen) atoms. The molecule has 4 aliphatic carbocycles. The van der Waals surface area contributed by atoms with Gasteiger partial charge in [0.15, 0.2) is 0 Å². The van der Waals surface area contributed by atoms with Gasteiger partial charge in [0.25, 0.3) is 0 Å². The zero-order valence-corrected chi connectivity index (χ0v) is 18.2. The molecule has 0 bridgehead atoms. The van der Waals surface area contributed by atoms with Crippen LogP contribution in [0.3, 0.4) is 0 Å². The summed E-state index contributed by atoms with van der Waals surface area (Å²) in [7, 11) is 3.86. The van der Waals surface area contributed by atoms with E-state index in [-0.39, 0.29) is 0 Å². The monoisotopic (exact) mass is 374 g/mol. The Morgan fingerprint density at radius 1 is 1.00 bits per heavy atom. The molecule has 0 aromatic carbocycles. The Bertz CT molecular complexity index is 563. The van der Waals surface area contributed by atoms with Crippen LogP contribution in [-0.2, 0) is 4.74 Å². The Kier molecular flexibility index (Phi) is 5.48. The van der Waals surface area contributed by atoms with Crippen molar-refractivity contribution in [2.24, 2.45) is 46.3 Å². The van der Waals surface area contributed by atoms with E-state index in [4.69, 9.17) is 10.1 Å². The van der Waals surface area contributed by atoms with Crippen LogP contribution in [0.1, 0.15) is 71.6 Å². The van der Waals surface area contributed by atoms with Crippen molar-refractivity contribution in [3.8, 4) is 0 Å². The number of rotatable bonds is 5. The first kappa shape index (κ1) is 19.9. The molecule has 0 heterocycles. The van der Waals surface area contributed by atoms with Crippen molar-refractivity contribution >= 4 is 5.71 Å². The van der Waals surface area contributed by atoms with Crippen molar-refractivity contribution in [1.29, 1.82) is 5.41 Å². The minimum Gasteiger partial charge on any atom is -0.384 e. The highest BCUT2D eigenvalue weighted by atomic mass is 16.5. The van der Waals surface area contributed by atoms with E-state index < -0.39 is 0 Å². The molecule has 4 rings (SSSR count). The van der Waals surface area contributed by atoms with Gasteiger partial charge in [-0.1, -0.05) is 13.8 Å². The highest BCUT2D eigenvalue weighted by Crippen LogP contribution is 2.67. The summed E-state index contributed by atoms with van der Waals surface area (Å²) >= 11 is 0. The molecular formula is C24H42N2O. The number of methoxy groups -OCH3 is 1. The lowest BCUT2D eigenvalue weighted by Gasteiger charge is -2.61. The van der Waals surface area contributed by atoms with Crippen molar-refractivity contribution < 1.29 is 4.74 Å². The molecule has 0 spiro atoms. The standard InChI is InChI=1S/C24H42N2O/c1-23-11-9-16(15-27-4)13-17(23)5-6-18-19-7-8-21(22(25)14-26-3)24(19,2)12-10-20(18)23/h16-21,25-26H,5-15H2,1-4H3. The predicted molar refractivity (Wildman–Crippen MR) is 112 cm³/mol. The van der Waals surface area contributed by atoms with E-state index in [1.54, 1.807) is 0 Å². The Balaban J connectivity index is 1.52. The highest BCUT2D eigenvalue weighted by molar-refractivity contribution is 5.86. The zero-order chi connectivity index (χ0) is 19.2. The largest absolute Gasteiger partial charge is 0.384 e. The molecule has 0 aliphatic heterocycles. The summed E-state index contributed by atoms with van der Waals surface area (Å²) in [6, 6.07) is 0. The fourth-order valence-corrected chi connectivity index (χ4v) is 8.62. The van der Waals surface area contributed by atoms with Crippen LogP contribution in [0.2, 0.25) is 0 Å². The fraction of sp³-hybridized carbons (Fsp3) is 0.958. The van der Waals surface area contributed by atoms with Crippen LogP contribution in [0.4, 0.5) is 0 Å². The van der Waals surface area contributed by atoms with Gasteiger partial charge in [0.1, 0.15) is 0 Å². The van der Waals surface area contributed by atoms with Crippen molar-refractivity contribution in [2.45, 2.75) is 71.6 Å². The summed E-state index contributed by atoms with van der Waals surface area (Å²) in [5.41, 5.74) is 1.94. The van der Waals surface area contributed by atoms with Crippen molar-refractivity contribution in [1.82, 2.24) is 5.32 Å². The molecule has 0 amide bonds. The third-order valence-electron chi connectivity index (χ3n) is 9.96. The molecule has 0 aromatic rings. The van der Waals surface area contributed by atoms with E-state index >= 15 is 0 Å². The van der Waals surface area contributed by atoms with Crippen LogP contribution in [0.5, 0.6) is 0 Å². The van der Waals surface area contributed by atoms with Gasteiger partial charge in [-0.25, -0.2) is 0 Å². The lowest BCUT2D eigenvalue weighted by molar-refractivity contribution is -0.118. The second-order valence-corrected chi connectivity index (χ2v) is 11.0. The third-order valence-corrected chi connectivity index (χ3v) is 9.96. The summed E-state index contributed by atoms with van der Waals surface area (Å²) in [5, 5.41) is 11.9. The van der Waals surface area contributed by atoms with Gasteiger partial charge in [0.05, 0.1) is 0 Å². The van der Waals surface area contributed by atoms with Crippen molar-refractivity contribution in [2.75, 3.05) is 27.3 Å². The minimum absolute atomic E-state index is 0.394. The smallest absolute Gasteiger partial charge is 0.0490 e. The van der Waals surface area contributed by atoms with E-state index in [1.807, 2.05) is 14.2 Å². The Morgan fingerprint density at radius 2 is 1.74 bits per heavy atom. The number of fused-ring (bicyclic) bond motifs is 5. The van der Waals surface area contributed by atoms with E-state index in [1.165, 1.54) is 57.8 Å². The molecule has 2 N–H and O–H groups in total. The lowest BCUT2D eigenvalue weighted by atomic mass is 9.44. The summed E-state index contributed by atoms with van der Waals surface area (Å²) in [4.78, 5) is 0. The molecule has 3 nitrogen and oxygen atoms in total. The van der Waals surface area contributed by atoms with Crippen LogP contribution >= 0.6 is 0 Å². The average Bonchev–Trinajstić information content (AvgIpc) is 3.00. The van der Waals surface area contributed by atoms with Gasteiger partial charge in [-0.05, 0) is 105 Å². The maximum Gasteiger partial charge on any atom is 0.0490 e. The second-order valence-electron chi connectivity index (χ2n) is 11.0. The number of nitrogens with one attached hydrogen (secondary N) is 2. The molecule has 4 saturated carbocycles. The van der Waals surface area contributed by atoms with E-state index in [0.717, 1.165) is 48.5 Å². The molecule has 0 saturated heterocycles. The van der Waals surface area contributed by atoms with Crippen LogP contribution in [0.15, 0.2) is 0 Å². The molecule has 3 heteroatoms. The van der Waals surface area contributed by atoms with E-state index in [0.29, 0.717) is 16.7 Å². The molecule has 8 atom stereocenters. The van der Waals surface area contributed by atoms with Crippen molar-refractivity contribution in [3.63, 3.8) is 0 Å². The number of hydrogen-bond donors (Lipinski definition) is 2. The first-order chi connectivity index (χ1) is 12.9. The first-order valence-corrected chi connectivity index (χ1v) is 11.6. The predicted octanol–water partition coefficient (Wildman–Crippen LogP) is 5.15. The summed E-state index contributed by atoms with van der Waals surface area (Å²) < 4.78 is 5.50. The van der Waals surface area contributed by atoms with Gasteiger partial charge in [0.2, 0.25) is 0 Å². The van der Waals surface area contributed by atoms with Gasteiger partial charge in [-0.3, -0.25) is 0 Å². The zero-order valence-electron chi connectivity index (χ0n) is 18.2. The third kappa shape index (κ3) is 3.12. The van der Waals surface area contributed by atoms with Crippen LogP contribution < -0.4 is 5.32 Å². The molecule has 4 aliphatic rings. The number of ether oxygens (including phenoxy) is 1. The molecule has 8 unspecified atom stereocenters. The van der Waals surface area contributed by atoms with E-state index in [9.17, 15) is 0 Å². The Hall–Kier alpha value is -0.410. The average molecular weight is 375 g/mol. The number of hydrogen-bond acceptors (Lipinski definition) is 3. The molecule has 0 aromatic heterocycles. The van der Waals surface area contributed by atoms with Gasteiger partial charge < -0.3 is 15.5 Å². The Labute approximate surface area is 166 Å². The van der Waals surface area contributed by atoms with Gasteiger partial charge in [-0.2, -0.15) is 0 Å². The van der Waals surface area contributed by atoms with Crippen LogP contribution in [-0.4, -0.2) is 33.0 Å². The summed E-state index contributed by atoms with van der Waals surface area (Å²) in [6.45, 7) is 6.97. The molecule has 154 valence electrons. The topological polar surface area (TPSA) is 45.1 Å². The maximum absolute atomic E-state index is 8.64. The quantitative estimate of drug-likeness (QED) is 0.654. The van der Waals surface area contributed by atoms with Gasteiger partial charge in [0, 0.05) is 31.9 Å². The summed E-state index contributed by atoms with van der Waals surface area (Å²) in [6.07, 6.45) is 12.5. The van der Waals surface area contributed by atoms with Crippen molar-refractivity contribution in [3.05, 3.63) is 0 Å². The van der Waals surface area contributed by atoms with Gasteiger partial charge >= 0.3 is 0 Å². The van der Waals surface area contributed by atoms with Gasteiger partial charge in [-0.15, -0.1) is 0 Å². The fourth-order valence-electron chi connectivity index (χ4n) is 8.62. The lowest BCUT2D eigenvalue weighted by Crippen LogP contribution is -2.54. The maximum atomic E-state index is 8.64. The highest BCUT2D eigenvalue weighted by Gasteiger charge is 2.60. The first-order valence-electron chi connectivity index (χ1n) is 11.6. The molecular weight excluding hydrogens is 332 g/mol. The van der Waals surface area contributed by atoms with Crippen LogP contribution in [0, 0.1) is 51.7 Å². The molecule has 0 radical (unpaired) electrons. The SMILES string of the molecule is CNCC(=N)C1CCC2C3CCC4CC(COC)CCC4(C)C3CCC12C. The van der Waals surface area contributed by atoms with E-state index in [2.05, 4.69) is 19.2 Å². The second kappa shape index (κ2) is 7.44. The minimum atomic E-state index is 0.394. The van der Waals surface area contributed by atoms with Crippen LogP contribution in [0.25, 0.3) is 0 Å². The molecule has 4 fully saturated rings. The summed E-state index contributed by atoms with van der Waals surface area (Å²) in [5.74, 6) is 4.99. The normalized spacial score (nSPS) is 49.2.